The zero-order chi connectivity index (χ0) is 40.1. The molecule has 4 N–H and O–H groups in total. The van der Waals surface area contributed by atoms with E-state index in [4.69, 9.17) is 20.8 Å². The number of fused-ring (bicyclic) bond motifs is 1. The molecule has 5 atom stereocenters. The number of benzene rings is 1. The fourth-order valence-corrected chi connectivity index (χ4v) is 7.56. The molecule has 302 valence electrons. The molecule has 2 aliphatic carbocycles. The Labute approximate surface area is 330 Å². The Morgan fingerprint density at radius 1 is 1.04 bits per heavy atom. The normalized spacial score (nSPS) is 20.5. The Kier molecular flexibility index (Phi) is 12.8. The van der Waals surface area contributed by atoms with Crippen LogP contribution in [-0.4, -0.2) is 87.1 Å². The van der Waals surface area contributed by atoms with Gasteiger partial charge in [-0.15, -0.1) is 0 Å². The summed E-state index contributed by atoms with van der Waals surface area (Å²) in [6.45, 7) is 7.27. The summed E-state index contributed by atoms with van der Waals surface area (Å²) in [5, 5.41) is 12.0. The summed E-state index contributed by atoms with van der Waals surface area (Å²) in [4.78, 5) is 79.3. The Bertz CT molecular complexity index is 1910. The number of nitrogens with one attached hydrogen (secondary N) is 4. The third kappa shape index (κ3) is 10.1. The summed E-state index contributed by atoms with van der Waals surface area (Å²) in [5.74, 6) is -3.42. The molecule has 0 radical (unpaired) electrons. The first kappa shape index (κ1) is 40.9. The van der Waals surface area contributed by atoms with Crippen molar-refractivity contribution in [3.05, 3.63) is 47.4 Å². The zero-order valence-corrected chi connectivity index (χ0v) is 33.0. The van der Waals surface area contributed by atoms with E-state index < -0.39 is 70.9 Å². The molecule has 16 heteroatoms. The van der Waals surface area contributed by atoms with Crippen LogP contribution in [0.5, 0.6) is 5.88 Å². The van der Waals surface area contributed by atoms with Gasteiger partial charge in [-0.25, -0.2) is 9.37 Å². The molecule has 1 saturated heterocycles. The van der Waals surface area contributed by atoms with Gasteiger partial charge in [0.05, 0.1) is 17.6 Å². The first-order valence-corrected chi connectivity index (χ1v) is 19.9. The van der Waals surface area contributed by atoms with Gasteiger partial charge in [-0.1, -0.05) is 65.0 Å². The number of anilines is 1. The van der Waals surface area contributed by atoms with Crippen LogP contribution in [0.1, 0.15) is 91.9 Å². The van der Waals surface area contributed by atoms with Crippen molar-refractivity contribution >= 4 is 58.1 Å². The molecule has 0 bridgehead atoms. The summed E-state index contributed by atoms with van der Waals surface area (Å²) >= 11 is 6.03. The van der Waals surface area contributed by atoms with Crippen LogP contribution in [0.25, 0.3) is 11.1 Å². The van der Waals surface area contributed by atoms with Crippen molar-refractivity contribution in [3.8, 4) is 5.88 Å². The molecular formula is C40H51ClFN7O7. The fourth-order valence-electron chi connectivity index (χ4n) is 7.45. The largest absolute Gasteiger partial charge is 0.472 e. The second-order valence-corrected chi connectivity index (χ2v) is 16.7. The SMILES string of the molecule is CCC[C@@H](NC(=O)[C@H]1C[C@@H](Oc2ccc(Cl)cn2)CN1C(=O)[C@H](NC(=O)[C@@H](Nc1nc2cc(F)ccc2o1)C1CCCCC1)C(C)(C)C)C(=O)C(=O)NC1CC1. The van der Waals surface area contributed by atoms with E-state index in [2.05, 4.69) is 31.2 Å². The van der Waals surface area contributed by atoms with Crippen LogP contribution in [0.2, 0.25) is 5.02 Å². The van der Waals surface area contributed by atoms with Crippen LogP contribution >= 0.6 is 11.6 Å². The Morgan fingerprint density at radius 2 is 1.79 bits per heavy atom. The number of Topliss-reactive ketones (excluding diaryl/α,β-unsaturated/α-hetero) is 1. The van der Waals surface area contributed by atoms with Gasteiger partial charge in [0.25, 0.3) is 11.9 Å². The molecule has 3 aliphatic rings. The highest BCUT2D eigenvalue weighted by molar-refractivity contribution is 6.38. The van der Waals surface area contributed by atoms with E-state index in [9.17, 15) is 28.4 Å². The number of amides is 4. The van der Waals surface area contributed by atoms with E-state index in [0.717, 1.165) is 44.9 Å². The van der Waals surface area contributed by atoms with Crippen molar-refractivity contribution in [2.24, 2.45) is 11.3 Å². The topological polar surface area (TPSA) is 185 Å². The number of ether oxygens (including phenoxy) is 1. The molecule has 3 aromatic rings. The number of pyridine rings is 1. The maximum absolute atomic E-state index is 14.8. The van der Waals surface area contributed by atoms with Gasteiger partial charge in [0, 0.05) is 30.8 Å². The van der Waals surface area contributed by atoms with E-state index in [-0.39, 0.29) is 43.2 Å². The van der Waals surface area contributed by atoms with Crippen molar-refractivity contribution in [1.82, 2.24) is 30.8 Å². The smallest absolute Gasteiger partial charge is 0.296 e. The summed E-state index contributed by atoms with van der Waals surface area (Å²) in [7, 11) is 0. The number of hydrogen-bond donors (Lipinski definition) is 4. The lowest BCUT2D eigenvalue weighted by Gasteiger charge is -2.37. The number of carbonyl (C=O) groups excluding carboxylic acids is 5. The number of nitrogens with zero attached hydrogens (tertiary/aromatic N) is 3. The molecule has 6 rings (SSSR count). The summed E-state index contributed by atoms with van der Waals surface area (Å²) in [5.41, 5.74) is -0.179. The van der Waals surface area contributed by atoms with E-state index in [1.165, 1.54) is 29.3 Å². The molecule has 14 nitrogen and oxygen atoms in total. The third-order valence-corrected chi connectivity index (χ3v) is 10.8. The molecule has 56 heavy (non-hydrogen) atoms. The molecule has 0 spiro atoms. The average Bonchev–Trinajstić information content (AvgIpc) is 3.73. The maximum Gasteiger partial charge on any atom is 0.296 e. The molecule has 1 aliphatic heterocycles. The molecule has 3 heterocycles. The minimum Gasteiger partial charge on any atom is -0.472 e. The van der Waals surface area contributed by atoms with E-state index in [1.807, 2.05) is 27.7 Å². The molecular weight excluding hydrogens is 745 g/mol. The fraction of sp³-hybridized carbons (Fsp3) is 0.575. The number of aromatic nitrogens is 2. The van der Waals surface area contributed by atoms with Crippen molar-refractivity contribution in [3.63, 3.8) is 0 Å². The lowest BCUT2D eigenvalue weighted by atomic mass is 9.82. The molecule has 4 amide bonds. The Hall–Kier alpha value is -4.79. The second-order valence-electron chi connectivity index (χ2n) is 16.2. The number of ketones is 1. The van der Waals surface area contributed by atoms with Crippen LogP contribution in [0.3, 0.4) is 0 Å². The van der Waals surface area contributed by atoms with Gasteiger partial charge in [0.1, 0.15) is 35.6 Å². The van der Waals surface area contributed by atoms with Gasteiger partial charge in [-0.2, -0.15) is 4.98 Å². The Morgan fingerprint density at radius 3 is 2.45 bits per heavy atom. The highest BCUT2D eigenvalue weighted by atomic mass is 35.5. The van der Waals surface area contributed by atoms with Crippen LogP contribution in [0, 0.1) is 17.2 Å². The summed E-state index contributed by atoms with van der Waals surface area (Å²) in [6.07, 6.45) is 7.55. The van der Waals surface area contributed by atoms with Crippen LogP contribution in [0.4, 0.5) is 10.4 Å². The van der Waals surface area contributed by atoms with Crippen molar-refractivity contribution in [2.75, 3.05) is 11.9 Å². The van der Waals surface area contributed by atoms with Gasteiger partial charge in [0.15, 0.2) is 5.58 Å². The maximum atomic E-state index is 14.8. The number of rotatable bonds is 15. The number of halogens is 2. The highest BCUT2D eigenvalue weighted by Gasteiger charge is 2.47. The minimum atomic E-state index is -1.11. The van der Waals surface area contributed by atoms with Gasteiger partial charge in [-0.3, -0.25) is 24.0 Å². The van der Waals surface area contributed by atoms with Crippen LogP contribution < -0.4 is 26.0 Å². The van der Waals surface area contributed by atoms with Gasteiger partial charge in [0.2, 0.25) is 29.4 Å². The van der Waals surface area contributed by atoms with Crippen LogP contribution in [0.15, 0.2) is 40.9 Å². The van der Waals surface area contributed by atoms with E-state index >= 15 is 0 Å². The van der Waals surface area contributed by atoms with Crippen LogP contribution in [-0.2, 0) is 24.0 Å². The zero-order valence-electron chi connectivity index (χ0n) is 32.2. The second kappa shape index (κ2) is 17.6. The molecule has 3 fully saturated rings. The first-order chi connectivity index (χ1) is 26.7. The molecule has 2 saturated carbocycles. The highest BCUT2D eigenvalue weighted by Crippen LogP contribution is 2.32. The monoisotopic (exact) mass is 795 g/mol. The number of hydrogen-bond acceptors (Lipinski definition) is 10. The molecule has 1 aromatic carbocycles. The van der Waals surface area contributed by atoms with Gasteiger partial charge >= 0.3 is 0 Å². The lowest BCUT2D eigenvalue weighted by Crippen LogP contribution is -2.61. The predicted molar refractivity (Wildman–Crippen MR) is 206 cm³/mol. The van der Waals surface area contributed by atoms with Crippen molar-refractivity contribution in [1.29, 1.82) is 0 Å². The molecule has 2 aromatic heterocycles. The predicted octanol–water partition coefficient (Wildman–Crippen LogP) is 5.09. The van der Waals surface area contributed by atoms with Gasteiger partial charge in [-0.05, 0) is 61.6 Å². The minimum absolute atomic E-state index is 0.0258. The number of carbonyl (C=O) groups is 5. The number of oxazole rings is 1. The average molecular weight is 796 g/mol. The summed E-state index contributed by atoms with van der Waals surface area (Å²) < 4.78 is 25.9. The quantitative estimate of drug-likeness (QED) is 0.151. The Balaban J connectivity index is 1.25. The van der Waals surface area contributed by atoms with E-state index in [1.54, 1.807) is 12.1 Å². The number of likely N-dealkylation sites (tertiary alicyclic amines) is 1. The molecule has 0 unspecified atom stereocenters. The van der Waals surface area contributed by atoms with Crippen molar-refractivity contribution < 1.29 is 37.5 Å². The first-order valence-electron chi connectivity index (χ1n) is 19.6. The third-order valence-electron chi connectivity index (χ3n) is 10.6. The summed E-state index contributed by atoms with van der Waals surface area (Å²) in [6, 6.07) is 3.06. The lowest BCUT2D eigenvalue weighted by molar-refractivity contribution is -0.145. The van der Waals surface area contributed by atoms with E-state index in [0.29, 0.717) is 22.5 Å². The van der Waals surface area contributed by atoms with Crippen molar-refractivity contribution in [2.45, 2.75) is 128 Å². The standard InChI is InChI=1S/C40H51ClFN7O7/c1-5-9-27(33(50)37(53)44-25-14-15-25)45-35(51)29-19-26(55-31-17-12-23(41)20-43-31)21-49(29)38(54)34(40(2,3)4)48-36(52)32(22-10-7-6-8-11-22)47-39-46-28-18-24(42)13-16-30(28)56-39/h12-13,16-18,20,22,25-27,29,32,34H,5-11,14-15,19,21H2,1-4H3,(H,44,53)(H,45,51)(H,46,47)(H,48,52)/t26-,27-,29-,32+,34+/m1/s1. The van der Waals surface area contributed by atoms with Gasteiger partial charge < -0.3 is 35.3 Å².